The maximum atomic E-state index is 12.8. The molecule has 0 aliphatic heterocycles. The molecule has 0 saturated heterocycles. The van der Waals surface area contributed by atoms with Crippen molar-refractivity contribution in [3.63, 3.8) is 0 Å². The van der Waals surface area contributed by atoms with E-state index in [0.717, 1.165) is 38.5 Å². The molecule has 0 amide bonds. The molecule has 208 valence electrons. The van der Waals surface area contributed by atoms with Crippen LogP contribution in [0.25, 0.3) is 0 Å². The minimum absolute atomic E-state index is 0.0194. The van der Waals surface area contributed by atoms with Crippen LogP contribution in [0.5, 0.6) is 0 Å². The highest BCUT2D eigenvalue weighted by Gasteiger charge is 2.32. The van der Waals surface area contributed by atoms with Crippen molar-refractivity contribution >= 4 is 11.9 Å². The maximum absolute atomic E-state index is 12.8. The van der Waals surface area contributed by atoms with Crippen LogP contribution in [0.1, 0.15) is 181 Å². The van der Waals surface area contributed by atoms with Crippen LogP contribution in [-0.2, 0) is 14.3 Å². The average Bonchev–Trinajstić information content (AvgIpc) is 2.83. The smallest absolute Gasteiger partial charge is 0.306 e. The van der Waals surface area contributed by atoms with Gasteiger partial charge in [-0.1, -0.05) is 117 Å². The van der Waals surface area contributed by atoms with Gasteiger partial charge in [0.2, 0.25) is 0 Å². The zero-order chi connectivity index (χ0) is 26.0. The van der Waals surface area contributed by atoms with Crippen molar-refractivity contribution in [3.8, 4) is 0 Å². The predicted molar refractivity (Wildman–Crippen MR) is 146 cm³/mol. The van der Waals surface area contributed by atoms with Gasteiger partial charge in [0.15, 0.2) is 0 Å². The molecule has 0 unspecified atom stereocenters. The lowest BCUT2D eigenvalue weighted by Gasteiger charge is -2.34. The van der Waals surface area contributed by atoms with Crippen molar-refractivity contribution < 1.29 is 19.4 Å². The fourth-order valence-electron chi connectivity index (χ4n) is 5.04. The summed E-state index contributed by atoms with van der Waals surface area (Å²) in [4.78, 5) is 23.5. The summed E-state index contributed by atoms with van der Waals surface area (Å²) in [6.45, 7) is 6.74. The van der Waals surface area contributed by atoms with E-state index in [0.29, 0.717) is 19.3 Å². The molecule has 0 rings (SSSR count). The summed E-state index contributed by atoms with van der Waals surface area (Å²) in [6.07, 6.45) is 26.9. The van der Waals surface area contributed by atoms with Crippen LogP contribution in [0.2, 0.25) is 0 Å². The number of aliphatic carboxylic acids is 1. The number of carboxylic acids is 1. The summed E-state index contributed by atoms with van der Waals surface area (Å²) >= 11 is 0. The third-order valence-electron chi connectivity index (χ3n) is 7.30. The maximum Gasteiger partial charge on any atom is 0.306 e. The van der Waals surface area contributed by atoms with E-state index in [4.69, 9.17) is 4.74 Å². The highest BCUT2D eigenvalue weighted by atomic mass is 16.6. The molecule has 0 atom stereocenters. The van der Waals surface area contributed by atoms with Gasteiger partial charge in [-0.3, -0.25) is 4.79 Å². The van der Waals surface area contributed by atoms with Crippen molar-refractivity contribution in [1.29, 1.82) is 0 Å². The molecule has 35 heavy (non-hydrogen) atoms. The van der Waals surface area contributed by atoms with Crippen LogP contribution < -0.4 is 5.11 Å². The summed E-state index contributed by atoms with van der Waals surface area (Å²) in [5.74, 6) is -1.17. The molecule has 0 N–H and O–H groups in total. The molecule has 0 spiro atoms. The topological polar surface area (TPSA) is 66.4 Å². The van der Waals surface area contributed by atoms with Crippen LogP contribution in [0.15, 0.2) is 0 Å². The minimum atomic E-state index is -1.04. The Morgan fingerprint density at radius 2 is 0.857 bits per heavy atom. The first-order valence-corrected chi connectivity index (χ1v) is 15.4. The molecule has 0 aliphatic carbocycles. The first-order chi connectivity index (χ1) is 17.0. The third kappa shape index (κ3) is 21.9. The average molecular weight is 496 g/mol. The second-order valence-corrected chi connectivity index (χ2v) is 10.8. The number of ether oxygens (including phenoxy) is 1. The van der Waals surface area contributed by atoms with Crippen molar-refractivity contribution in [2.75, 3.05) is 0 Å². The lowest BCUT2D eigenvalue weighted by atomic mass is 9.84. The van der Waals surface area contributed by atoms with Gasteiger partial charge in [-0.25, -0.2) is 0 Å². The quantitative estimate of drug-likeness (QED) is 0.0843. The zero-order valence-corrected chi connectivity index (χ0v) is 23.8. The van der Waals surface area contributed by atoms with E-state index in [1.165, 1.54) is 96.3 Å². The lowest BCUT2D eigenvalue weighted by molar-refractivity contribution is -0.305. The second-order valence-electron chi connectivity index (χ2n) is 10.8. The van der Waals surface area contributed by atoms with Crippen molar-refractivity contribution in [2.45, 2.75) is 187 Å². The standard InChI is InChI=1S/C31H60O4/c1-4-7-10-13-14-15-18-23-28-31(26-21-16-11-8-5-2,27-22-17-12-9-6-3)35-30(34)25-20-19-24-29(32)33/h4-28H2,1-3H3,(H,32,33)/p-1. The Hall–Kier alpha value is -1.06. The molecule has 0 radical (unpaired) electrons. The van der Waals surface area contributed by atoms with Crippen LogP contribution >= 0.6 is 0 Å². The number of esters is 1. The van der Waals surface area contributed by atoms with Crippen molar-refractivity contribution in [3.05, 3.63) is 0 Å². The van der Waals surface area contributed by atoms with Crippen molar-refractivity contribution in [1.82, 2.24) is 0 Å². The molecule has 0 aromatic heterocycles. The van der Waals surface area contributed by atoms with E-state index in [2.05, 4.69) is 20.8 Å². The third-order valence-corrected chi connectivity index (χ3v) is 7.30. The van der Waals surface area contributed by atoms with Gasteiger partial charge in [-0.2, -0.15) is 0 Å². The number of hydrogen-bond acceptors (Lipinski definition) is 4. The van der Waals surface area contributed by atoms with Gasteiger partial charge in [0, 0.05) is 12.4 Å². The van der Waals surface area contributed by atoms with Crippen molar-refractivity contribution in [2.24, 2.45) is 0 Å². The molecule has 0 fully saturated rings. The monoisotopic (exact) mass is 495 g/mol. The molecule has 4 nitrogen and oxygen atoms in total. The molecular formula is C31H59O4-. The second kappa shape index (κ2) is 24.6. The summed E-state index contributed by atoms with van der Waals surface area (Å²) in [5.41, 5.74) is -0.327. The lowest BCUT2D eigenvalue weighted by Crippen LogP contribution is -2.35. The normalized spacial score (nSPS) is 11.6. The van der Waals surface area contributed by atoms with Crippen LogP contribution in [0.4, 0.5) is 0 Å². The summed E-state index contributed by atoms with van der Waals surface area (Å²) in [7, 11) is 0. The number of rotatable bonds is 27. The van der Waals surface area contributed by atoms with Gasteiger partial charge in [-0.15, -0.1) is 0 Å². The number of hydrogen-bond donors (Lipinski definition) is 0. The van der Waals surface area contributed by atoms with E-state index in [9.17, 15) is 14.7 Å². The Labute approximate surface area is 218 Å². The molecule has 0 aliphatic rings. The van der Waals surface area contributed by atoms with E-state index < -0.39 is 5.97 Å². The molecule has 0 aromatic carbocycles. The van der Waals surface area contributed by atoms with Crippen LogP contribution in [0.3, 0.4) is 0 Å². The summed E-state index contributed by atoms with van der Waals surface area (Å²) in [5, 5.41) is 10.7. The van der Waals surface area contributed by atoms with Gasteiger partial charge in [0.1, 0.15) is 5.60 Å². The molecule has 0 bridgehead atoms. The fraction of sp³-hybridized carbons (Fsp3) is 0.935. The predicted octanol–water partition coefficient (Wildman–Crippen LogP) is 8.83. The van der Waals surface area contributed by atoms with Gasteiger partial charge >= 0.3 is 5.97 Å². The van der Waals surface area contributed by atoms with E-state index in [-0.39, 0.29) is 18.0 Å². The van der Waals surface area contributed by atoms with Gasteiger partial charge in [-0.05, 0) is 57.8 Å². The van der Waals surface area contributed by atoms with Crippen LogP contribution in [-0.4, -0.2) is 17.5 Å². The Morgan fingerprint density at radius 3 is 1.23 bits per heavy atom. The SMILES string of the molecule is CCCCCCCCCCC(CCCCCCC)(CCCCCCC)OC(=O)CCCCC(=O)[O-]. The Bertz CT molecular complexity index is 474. The summed E-state index contributed by atoms with van der Waals surface area (Å²) < 4.78 is 6.32. The van der Waals surface area contributed by atoms with Gasteiger partial charge < -0.3 is 14.6 Å². The zero-order valence-electron chi connectivity index (χ0n) is 23.8. The fourth-order valence-corrected chi connectivity index (χ4v) is 5.04. The highest BCUT2D eigenvalue weighted by Crippen LogP contribution is 2.33. The molecule has 4 heteroatoms. The van der Waals surface area contributed by atoms with Gasteiger partial charge in [0.05, 0.1) is 0 Å². The number of carbonyl (C=O) groups is 2. The summed E-state index contributed by atoms with van der Waals surface area (Å²) in [6, 6.07) is 0. The van der Waals surface area contributed by atoms with Crippen LogP contribution in [0, 0.1) is 0 Å². The van der Waals surface area contributed by atoms with E-state index in [1.807, 2.05) is 0 Å². The minimum Gasteiger partial charge on any atom is -0.550 e. The highest BCUT2D eigenvalue weighted by molar-refractivity contribution is 5.70. The Kier molecular flexibility index (Phi) is 23.9. The van der Waals surface area contributed by atoms with E-state index in [1.54, 1.807) is 0 Å². The molecule has 0 aromatic rings. The largest absolute Gasteiger partial charge is 0.550 e. The Morgan fingerprint density at radius 1 is 0.514 bits per heavy atom. The number of carbonyl (C=O) groups excluding carboxylic acids is 2. The first kappa shape index (κ1) is 33.9. The molecular weight excluding hydrogens is 436 g/mol. The van der Waals surface area contributed by atoms with E-state index >= 15 is 0 Å². The number of carboxylic acid groups (broad SMARTS) is 1. The first-order valence-electron chi connectivity index (χ1n) is 15.4. The number of unbranched alkanes of at least 4 members (excludes halogenated alkanes) is 16. The van der Waals surface area contributed by atoms with Gasteiger partial charge in [0.25, 0.3) is 0 Å². The Balaban J connectivity index is 4.94. The molecule has 0 heterocycles. The molecule has 0 saturated carbocycles.